The van der Waals surface area contributed by atoms with Gasteiger partial charge in [0.2, 0.25) is 5.91 Å². The molecule has 1 aromatic rings. The first-order valence-corrected chi connectivity index (χ1v) is 7.92. The second-order valence-corrected chi connectivity index (χ2v) is 6.00. The molecule has 0 aromatic heterocycles. The number of halogens is 2. The standard InChI is InChI=1S/C16H24F2N4O/c1-3-16(4-2,9-19)15(23)20-14-8-13(21-22-14)10-5-11(17)7-12(18)6-10/h5-7,13-14,21-22H,3-4,8-9,19H2,1-2H3,(H,20,23). The Morgan fingerprint density at radius 3 is 2.39 bits per heavy atom. The Labute approximate surface area is 135 Å². The van der Waals surface area contributed by atoms with E-state index in [0.717, 1.165) is 6.07 Å². The molecule has 0 bridgehead atoms. The molecule has 0 spiro atoms. The fourth-order valence-corrected chi connectivity index (χ4v) is 2.91. The number of rotatable bonds is 6. The van der Waals surface area contributed by atoms with Crippen molar-refractivity contribution in [3.05, 3.63) is 35.4 Å². The van der Waals surface area contributed by atoms with Crippen LogP contribution < -0.4 is 21.9 Å². The van der Waals surface area contributed by atoms with E-state index in [4.69, 9.17) is 5.73 Å². The van der Waals surface area contributed by atoms with Gasteiger partial charge >= 0.3 is 0 Å². The van der Waals surface area contributed by atoms with Crippen LogP contribution in [0.2, 0.25) is 0 Å². The summed E-state index contributed by atoms with van der Waals surface area (Å²) in [6, 6.07) is 3.13. The van der Waals surface area contributed by atoms with Gasteiger partial charge in [-0.25, -0.2) is 19.6 Å². The van der Waals surface area contributed by atoms with Gasteiger partial charge in [0.1, 0.15) is 11.6 Å². The van der Waals surface area contributed by atoms with Crippen LogP contribution in [0.15, 0.2) is 18.2 Å². The van der Waals surface area contributed by atoms with Crippen LogP contribution in [0.1, 0.15) is 44.7 Å². The fraction of sp³-hybridized carbons (Fsp3) is 0.562. The van der Waals surface area contributed by atoms with Crippen molar-refractivity contribution in [1.29, 1.82) is 0 Å². The van der Waals surface area contributed by atoms with Crippen molar-refractivity contribution in [2.24, 2.45) is 11.1 Å². The predicted molar refractivity (Wildman–Crippen MR) is 84.0 cm³/mol. The second kappa shape index (κ2) is 7.33. The van der Waals surface area contributed by atoms with Crippen molar-refractivity contribution in [2.45, 2.75) is 45.3 Å². The minimum absolute atomic E-state index is 0.102. The molecule has 2 atom stereocenters. The number of nitrogens with one attached hydrogen (secondary N) is 3. The van der Waals surface area contributed by atoms with E-state index in [-0.39, 0.29) is 24.7 Å². The number of hydrazine groups is 1. The molecule has 1 heterocycles. The van der Waals surface area contributed by atoms with Gasteiger partial charge in [-0.1, -0.05) is 13.8 Å². The molecule has 0 radical (unpaired) electrons. The molecule has 23 heavy (non-hydrogen) atoms. The Morgan fingerprint density at radius 1 is 1.26 bits per heavy atom. The smallest absolute Gasteiger partial charge is 0.228 e. The maximum absolute atomic E-state index is 13.3. The van der Waals surface area contributed by atoms with E-state index < -0.39 is 17.0 Å². The lowest BCUT2D eigenvalue weighted by Crippen LogP contribution is -2.52. The maximum Gasteiger partial charge on any atom is 0.228 e. The van der Waals surface area contributed by atoms with Crippen LogP contribution in [-0.2, 0) is 4.79 Å². The SMILES string of the molecule is CCC(CC)(CN)C(=O)NC1CC(c2cc(F)cc(F)c2)NN1. The number of hydrogen-bond acceptors (Lipinski definition) is 4. The lowest BCUT2D eigenvalue weighted by Gasteiger charge is -2.30. The summed E-state index contributed by atoms with van der Waals surface area (Å²) in [5.74, 6) is -1.34. The van der Waals surface area contributed by atoms with Crippen LogP contribution >= 0.6 is 0 Å². The van der Waals surface area contributed by atoms with Gasteiger partial charge in [0.05, 0.1) is 11.6 Å². The van der Waals surface area contributed by atoms with Crippen LogP contribution in [0.25, 0.3) is 0 Å². The number of carbonyl (C=O) groups excluding carboxylic acids is 1. The van der Waals surface area contributed by atoms with Crippen LogP contribution in [0.5, 0.6) is 0 Å². The lowest BCUT2D eigenvalue weighted by atomic mass is 9.81. The third-order valence-electron chi connectivity index (χ3n) is 4.72. The summed E-state index contributed by atoms with van der Waals surface area (Å²) >= 11 is 0. The minimum Gasteiger partial charge on any atom is -0.339 e. The van der Waals surface area contributed by atoms with Gasteiger partial charge in [-0.15, -0.1) is 0 Å². The Morgan fingerprint density at radius 2 is 1.87 bits per heavy atom. The maximum atomic E-state index is 13.3. The molecule has 2 unspecified atom stereocenters. The zero-order valence-corrected chi connectivity index (χ0v) is 13.5. The minimum atomic E-state index is -0.617. The molecule has 1 fully saturated rings. The molecule has 5 N–H and O–H groups in total. The molecule has 1 saturated heterocycles. The first-order valence-electron chi connectivity index (χ1n) is 7.92. The van der Waals surface area contributed by atoms with Crippen LogP contribution in [0, 0.1) is 17.0 Å². The normalized spacial score (nSPS) is 21.4. The summed E-state index contributed by atoms with van der Waals surface area (Å²) in [6.07, 6.45) is 1.49. The van der Waals surface area contributed by atoms with E-state index in [0.29, 0.717) is 24.8 Å². The monoisotopic (exact) mass is 326 g/mol. The van der Waals surface area contributed by atoms with E-state index in [9.17, 15) is 13.6 Å². The molecule has 1 aliphatic heterocycles. The summed E-state index contributed by atoms with van der Waals surface area (Å²) in [5.41, 5.74) is 11.6. The topological polar surface area (TPSA) is 79.2 Å². The molecule has 0 saturated carbocycles. The first-order chi connectivity index (χ1) is 10.9. The molecule has 128 valence electrons. The van der Waals surface area contributed by atoms with E-state index in [2.05, 4.69) is 16.2 Å². The summed E-state index contributed by atoms with van der Waals surface area (Å²) in [4.78, 5) is 12.5. The average Bonchev–Trinajstić information content (AvgIpc) is 2.97. The quantitative estimate of drug-likeness (QED) is 0.642. The Balaban J connectivity index is 2.01. The first kappa shape index (κ1) is 17.8. The zero-order chi connectivity index (χ0) is 17.0. The van der Waals surface area contributed by atoms with Gasteiger partial charge in [-0.3, -0.25) is 4.79 Å². The van der Waals surface area contributed by atoms with Crippen LogP contribution in [-0.4, -0.2) is 18.6 Å². The summed E-state index contributed by atoms with van der Waals surface area (Å²) in [7, 11) is 0. The van der Waals surface area contributed by atoms with Crippen molar-refractivity contribution in [3.8, 4) is 0 Å². The van der Waals surface area contributed by atoms with Gasteiger partial charge < -0.3 is 11.1 Å². The Hall–Kier alpha value is -1.57. The van der Waals surface area contributed by atoms with Crippen molar-refractivity contribution in [1.82, 2.24) is 16.2 Å². The molecule has 1 aromatic carbocycles. The van der Waals surface area contributed by atoms with E-state index in [1.54, 1.807) is 0 Å². The van der Waals surface area contributed by atoms with Gasteiger partial charge in [0.25, 0.3) is 0 Å². The molecule has 1 amide bonds. The van der Waals surface area contributed by atoms with Gasteiger partial charge in [0, 0.05) is 25.1 Å². The molecule has 5 nitrogen and oxygen atoms in total. The van der Waals surface area contributed by atoms with Crippen LogP contribution in [0.4, 0.5) is 8.78 Å². The number of carbonyl (C=O) groups is 1. The van der Waals surface area contributed by atoms with Gasteiger partial charge in [-0.05, 0) is 30.5 Å². The zero-order valence-electron chi connectivity index (χ0n) is 13.5. The highest BCUT2D eigenvalue weighted by atomic mass is 19.1. The lowest BCUT2D eigenvalue weighted by molar-refractivity contribution is -0.131. The van der Waals surface area contributed by atoms with Crippen molar-refractivity contribution in [3.63, 3.8) is 0 Å². The fourth-order valence-electron chi connectivity index (χ4n) is 2.91. The Kier molecular flexibility index (Phi) is 5.67. The summed E-state index contributed by atoms with van der Waals surface area (Å²) < 4.78 is 26.6. The highest BCUT2D eigenvalue weighted by molar-refractivity contribution is 5.83. The van der Waals surface area contributed by atoms with E-state index >= 15 is 0 Å². The molecule has 1 aliphatic rings. The van der Waals surface area contributed by atoms with Crippen molar-refractivity contribution >= 4 is 5.91 Å². The number of benzene rings is 1. The highest BCUT2D eigenvalue weighted by Crippen LogP contribution is 2.27. The van der Waals surface area contributed by atoms with Gasteiger partial charge in [0.15, 0.2) is 0 Å². The number of amides is 1. The average molecular weight is 326 g/mol. The number of nitrogens with two attached hydrogens (primary N) is 1. The largest absolute Gasteiger partial charge is 0.339 e. The van der Waals surface area contributed by atoms with Crippen molar-refractivity contribution < 1.29 is 13.6 Å². The molecule has 0 aliphatic carbocycles. The Bertz CT molecular complexity index is 534. The third kappa shape index (κ3) is 3.85. The van der Waals surface area contributed by atoms with E-state index in [1.807, 2.05) is 13.8 Å². The molecule has 2 rings (SSSR count). The summed E-state index contributed by atoms with van der Waals surface area (Å²) in [5, 5.41) is 2.92. The van der Waals surface area contributed by atoms with E-state index in [1.165, 1.54) is 12.1 Å². The predicted octanol–water partition coefficient (Wildman–Crippen LogP) is 1.71. The third-order valence-corrected chi connectivity index (χ3v) is 4.72. The highest BCUT2D eigenvalue weighted by Gasteiger charge is 2.36. The van der Waals surface area contributed by atoms with Crippen LogP contribution in [0.3, 0.4) is 0 Å². The summed E-state index contributed by atoms with van der Waals surface area (Å²) in [6.45, 7) is 4.16. The molecular formula is C16H24F2N4O. The van der Waals surface area contributed by atoms with Crippen molar-refractivity contribution in [2.75, 3.05) is 6.54 Å². The van der Waals surface area contributed by atoms with Gasteiger partial charge in [-0.2, -0.15) is 0 Å². The molecule has 7 heteroatoms. The number of hydrogen-bond donors (Lipinski definition) is 4. The molecular weight excluding hydrogens is 302 g/mol. The second-order valence-electron chi connectivity index (χ2n) is 6.00.